The van der Waals surface area contributed by atoms with Gasteiger partial charge in [0.15, 0.2) is 0 Å². The van der Waals surface area contributed by atoms with Gasteiger partial charge in [-0.1, -0.05) is 35.9 Å². The van der Waals surface area contributed by atoms with Crippen LogP contribution in [0.2, 0.25) is 5.02 Å². The largest absolute Gasteiger partial charge is 0.487 e. The molecule has 3 nitrogen and oxygen atoms in total. The fourth-order valence-corrected chi connectivity index (χ4v) is 2.02. The number of hydrogen-bond acceptors (Lipinski definition) is 3. The molecule has 0 saturated carbocycles. The Kier molecular flexibility index (Phi) is 4.57. The predicted octanol–water partition coefficient (Wildman–Crippen LogP) is 3.42. The maximum Gasteiger partial charge on any atom is 0.147 e. The number of para-hydroxylation sites is 1. The summed E-state index contributed by atoms with van der Waals surface area (Å²) in [4.78, 5) is 0. The average molecular weight is 292 g/mol. The highest BCUT2D eigenvalue weighted by atomic mass is 35.5. The Bertz CT molecular complexity index is 667. The van der Waals surface area contributed by atoms with Crippen LogP contribution in [-0.2, 0) is 13.2 Å². The number of benzene rings is 2. The lowest BCUT2D eigenvalue weighted by molar-refractivity contribution is 0.257. The molecule has 0 bridgehead atoms. The van der Waals surface area contributed by atoms with Gasteiger partial charge in [-0.25, -0.2) is 4.39 Å². The maximum absolute atomic E-state index is 13.9. The van der Waals surface area contributed by atoms with Crippen LogP contribution in [0.25, 0.3) is 0 Å². The summed E-state index contributed by atoms with van der Waals surface area (Å²) in [5, 5.41) is 18.3. The summed E-state index contributed by atoms with van der Waals surface area (Å²) in [6, 6.07) is 11.3. The molecule has 0 saturated heterocycles. The van der Waals surface area contributed by atoms with Crippen molar-refractivity contribution < 1.29 is 14.2 Å². The normalized spacial score (nSPS) is 10.1. The van der Waals surface area contributed by atoms with Gasteiger partial charge in [0.2, 0.25) is 0 Å². The molecule has 1 N–H and O–H groups in total. The molecule has 2 aromatic rings. The van der Waals surface area contributed by atoms with Crippen LogP contribution in [0.5, 0.6) is 5.75 Å². The van der Waals surface area contributed by atoms with Crippen LogP contribution in [0, 0.1) is 17.1 Å². The summed E-state index contributed by atoms with van der Waals surface area (Å²) in [5.41, 5.74) is 0.745. The van der Waals surface area contributed by atoms with E-state index in [1.165, 1.54) is 12.1 Å². The first-order chi connectivity index (χ1) is 9.67. The van der Waals surface area contributed by atoms with Crippen molar-refractivity contribution in [3.63, 3.8) is 0 Å². The second-order valence-corrected chi connectivity index (χ2v) is 4.47. The lowest BCUT2D eigenvalue weighted by Crippen LogP contribution is -2.02. The van der Waals surface area contributed by atoms with Gasteiger partial charge in [-0.05, 0) is 12.1 Å². The van der Waals surface area contributed by atoms with Gasteiger partial charge in [0.1, 0.15) is 24.2 Å². The Labute approximate surface area is 120 Å². The summed E-state index contributed by atoms with van der Waals surface area (Å²) >= 11 is 5.99. The number of rotatable bonds is 4. The van der Waals surface area contributed by atoms with Gasteiger partial charge in [-0.2, -0.15) is 5.26 Å². The maximum atomic E-state index is 13.9. The van der Waals surface area contributed by atoms with Crippen LogP contribution in [0.4, 0.5) is 4.39 Å². The van der Waals surface area contributed by atoms with E-state index in [1.54, 1.807) is 30.3 Å². The highest BCUT2D eigenvalue weighted by molar-refractivity contribution is 6.32. The zero-order valence-electron chi connectivity index (χ0n) is 10.4. The molecule has 0 aliphatic carbocycles. The van der Waals surface area contributed by atoms with Gasteiger partial charge < -0.3 is 9.84 Å². The topological polar surface area (TPSA) is 53.2 Å². The van der Waals surface area contributed by atoms with Gasteiger partial charge in [0.05, 0.1) is 17.2 Å². The van der Waals surface area contributed by atoms with Crippen LogP contribution in [0.1, 0.15) is 16.7 Å². The number of ether oxygens (including phenoxy) is 1. The zero-order chi connectivity index (χ0) is 14.5. The Morgan fingerprint density at radius 1 is 1.20 bits per heavy atom. The van der Waals surface area contributed by atoms with Crippen molar-refractivity contribution in [2.24, 2.45) is 0 Å². The quantitative estimate of drug-likeness (QED) is 0.939. The molecular weight excluding hydrogens is 281 g/mol. The van der Waals surface area contributed by atoms with E-state index >= 15 is 0 Å². The minimum Gasteiger partial charge on any atom is -0.487 e. The van der Waals surface area contributed by atoms with E-state index in [4.69, 9.17) is 21.6 Å². The molecule has 2 aromatic carbocycles. The van der Waals surface area contributed by atoms with Crippen LogP contribution in [0.15, 0.2) is 36.4 Å². The molecule has 0 amide bonds. The van der Waals surface area contributed by atoms with E-state index in [2.05, 4.69) is 0 Å². The summed E-state index contributed by atoms with van der Waals surface area (Å²) in [7, 11) is 0. The summed E-state index contributed by atoms with van der Waals surface area (Å²) < 4.78 is 19.4. The van der Waals surface area contributed by atoms with Crippen LogP contribution >= 0.6 is 11.6 Å². The third-order valence-corrected chi connectivity index (χ3v) is 3.09. The zero-order valence-corrected chi connectivity index (χ0v) is 11.2. The van der Waals surface area contributed by atoms with Crippen molar-refractivity contribution >= 4 is 11.6 Å². The molecule has 0 unspecified atom stereocenters. The SMILES string of the molecule is N#Cc1cccc(COc2c(Cl)cccc2CO)c1F. The summed E-state index contributed by atoms with van der Waals surface area (Å²) in [5.74, 6) is -0.286. The van der Waals surface area contributed by atoms with Crippen LogP contribution in [0.3, 0.4) is 0 Å². The van der Waals surface area contributed by atoms with E-state index in [1.807, 2.05) is 0 Å². The lowest BCUT2D eigenvalue weighted by Gasteiger charge is -2.12. The number of aliphatic hydroxyl groups is 1. The van der Waals surface area contributed by atoms with E-state index in [-0.39, 0.29) is 24.3 Å². The number of hydrogen-bond donors (Lipinski definition) is 1. The van der Waals surface area contributed by atoms with Gasteiger partial charge >= 0.3 is 0 Å². The first-order valence-corrected chi connectivity index (χ1v) is 6.23. The fraction of sp³-hybridized carbons (Fsp3) is 0.133. The molecule has 102 valence electrons. The number of nitrogens with zero attached hydrogens (tertiary/aromatic N) is 1. The molecule has 0 aliphatic heterocycles. The molecule has 0 spiro atoms. The van der Waals surface area contributed by atoms with Crippen molar-refractivity contribution in [3.8, 4) is 11.8 Å². The van der Waals surface area contributed by atoms with Crippen LogP contribution in [-0.4, -0.2) is 5.11 Å². The molecule has 0 atom stereocenters. The molecule has 0 fully saturated rings. The predicted molar refractivity (Wildman–Crippen MR) is 72.8 cm³/mol. The lowest BCUT2D eigenvalue weighted by atomic mass is 10.1. The van der Waals surface area contributed by atoms with Crippen LogP contribution < -0.4 is 4.74 Å². The number of nitriles is 1. The van der Waals surface area contributed by atoms with Crippen molar-refractivity contribution in [2.45, 2.75) is 13.2 Å². The second kappa shape index (κ2) is 6.38. The minimum atomic E-state index is -0.604. The molecule has 0 radical (unpaired) electrons. The van der Waals surface area contributed by atoms with Gasteiger partial charge in [-0.3, -0.25) is 0 Å². The first kappa shape index (κ1) is 14.3. The Hall–Kier alpha value is -2.09. The highest BCUT2D eigenvalue weighted by Crippen LogP contribution is 2.29. The fourth-order valence-electron chi connectivity index (χ4n) is 1.77. The van der Waals surface area contributed by atoms with E-state index in [0.717, 1.165) is 0 Å². The standard InChI is InChI=1S/C15H11ClFNO2/c16-13-6-2-4-11(8-19)15(13)20-9-12-5-1-3-10(7-18)14(12)17/h1-6,19H,8-9H2. The van der Waals surface area contributed by atoms with E-state index < -0.39 is 5.82 Å². The van der Waals surface area contributed by atoms with Crippen molar-refractivity contribution in [3.05, 3.63) is 63.9 Å². The van der Waals surface area contributed by atoms with Gasteiger partial charge in [0.25, 0.3) is 0 Å². The monoisotopic (exact) mass is 291 g/mol. The Morgan fingerprint density at radius 3 is 2.60 bits per heavy atom. The molecule has 0 heterocycles. The van der Waals surface area contributed by atoms with E-state index in [0.29, 0.717) is 16.3 Å². The first-order valence-electron chi connectivity index (χ1n) is 5.86. The molecule has 20 heavy (non-hydrogen) atoms. The summed E-state index contributed by atoms with van der Waals surface area (Å²) in [6.45, 7) is -0.297. The molecular formula is C15H11ClFNO2. The molecule has 0 aromatic heterocycles. The molecule has 2 rings (SSSR count). The van der Waals surface area contributed by atoms with E-state index in [9.17, 15) is 9.50 Å². The number of halogens is 2. The second-order valence-electron chi connectivity index (χ2n) is 4.07. The van der Waals surface area contributed by atoms with Crippen molar-refractivity contribution in [1.29, 1.82) is 5.26 Å². The minimum absolute atomic E-state index is 0.0346. The highest BCUT2D eigenvalue weighted by Gasteiger charge is 2.11. The molecule has 0 aliphatic rings. The average Bonchev–Trinajstić information content (AvgIpc) is 2.47. The van der Waals surface area contributed by atoms with Crippen molar-refractivity contribution in [2.75, 3.05) is 0 Å². The summed E-state index contributed by atoms with van der Waals surface area (Å²) in [6.07, 6.45) is 0. The third kappa shape index (κ3) is 2.90. The Balaban J connectivity index is 2.24. The number of aliphatic hydroxyl groups excluding tert-OH is 1. The smallest absolute Gasteiger partial charge is 0.147 e. The van der Waals surface area contributed by atoms with Gasteiger partial charge in [-0.15, -0.1) is 0 Å². The Morgan fingerprint density at radius 2 is 1.90 bits per heavy atom. The van der Waals surface area contributed by atoms with Crippen molar-refractivity contribution in [1.82, 2.24) is 0 Å². The molecule has 5 heteroatoms. The third-order valence-electron chi connectivity index (χ3n) is 2.79. The van der Waals surface area contributed by atoms with Gasteiger partial charge in [0, 0.05) is 11.1 Å².